The molecular formula is C15H18O4. The van der Waals surface area contributed by atoms with Crippen LogP contribution in [-0.2, 0) is 16.0 Å². The number of aliphatic carboxylic acids is 2. The van der Waals surface area contributed by atoms with E-state index in [1.54, 1.807) is 13.8 Å². The van der Waals surface area contributed by atoms with Crippen LogP contribution in [0.25, 0.3) is 0 Å². The third-order valence-corrected chi connectivity index (χ3v) is 2.90. The Kier molecular flexibility index (Phi) is 5.30. The normalized spacial score (nSPS) is 12.2. The predicted octanol–water partition coefficient (Wildman–Crippen LogP) is 2.74. The molecule has 1 rings (SSSR count). The Balaban J connectivity index is 2.98. The van der Waals surface area contributed by atoms with Crippen molar-refractivity contribution in [3.05, 3.63) is 47.0 Å². The molecule has 1 aromatic rings. The highest BCUT2D eigenvalue weighted by Gasteiger charge is 2.22. The van der Waals surface area contributed by atoms with Crippen molar-refractivity contribution >= 4 is 11.9 Å². The van der Waals surface area contributed by atoms with E-state index in [-0.39, 0.29) is 23.5 Å². The van der Waals surface area contributed by atoms with Crippen molar-refractivity contribution in [3.63, 3.8) is 0 Å². The van der Waals surface area contributed by atoms with Gasteiger partial charge in [0, 0.05) is 11.1 Å². The van der Waals surface area contributed by atoms with E-state index in [2.05, 4.69) is 0 Å². The molecule has 0 unspecified atom stereocenters. The zero-order valence-corrected chi connectivity index (χ0v) is 11.1. The number of rotatable bonds is 6. The second-order valence-corrected chi connectivity index (χ2v) is 4.64. The summed E-state index contributed by atoms with van der Waals surface area (Å²) < 4.78 is 0. The topological polar surface area (TPSA) is 74.6 Å². The lowest BCUT2D eigenvalue weighted by Gasteiger charge is -2.12. The van der Waals surface area contributed by atoms with Crippen LogP contribution < -0.4 is 0 Å². The van der Waals surface area contributed by atoms with Gasteiger partial charge in [-0.2, -0.15) is 0 Å². The first-order chi connectivity index (χ1) is 8.93. The summed E-state index contributed by atoms with van der Waals surface area (Å²) in [7, 11) is 0. The fourth-order valence-corrected chi connectivity index (χ4v) is 2.00. The third-order valence-electron chi connectivity index (χ3n) is 2.90. The highest BCUT2D eigenvalue weighted by atomic mass is 16.4. The first-order valence-electron chi connectivity index (χ1n) is 6.17. The summed E-state index contributed by atoms with van der Waals surface area (Å²) in [6.45, 7) is 3.38. The summed E-state index contributed by atoms with van der Waals surface area (Å²) in [4.78, 5) is 22.4. The van der Waals surface area contributed by atoms with Crippen LogP contribution in [0.5, 0.6) is 0 Å². The molecule has 0 aliphatic rings. The van der Waals surface area contributed by atoms with Gasteiger partial charge in [-0.3, -0.25) is 0 Å². The van der Waals surface area contributed by atoms with Gasteiger partial charge in [-0.25, -0.2) is 9.59 Å². The third kappa shape index (κ3) is 4.25. The molecule has 1 aromatic carbocycles. The van der Waals surface area contributed by atoms with E-state index >= 15 is 0 Å². The molecule has 0 atom stereocenters. The van der Waals surface area contributed by atoms with Crippen LogP contribution in [0.15, 0.2) is 41.5 Å². The van der Waals surface area contributed by atoms with Crippen LogP contribution >= 0.6 is 0 Å². The quantitative estimate of drug-likeness (QED) is 0.773. The lowest BCUT2D eigenvalue weighted by atomic mass is 9.93. The van der Waals surface area contributed by atoms with E-state index in [9.17, 15) is 14.7 Å². The van der Waals surface area contributed by atoms with Crippen LogP contribution in [0.2, 0.25) is 0 Å². The molecule has 4 heteroatoms. The first-order valence-corrected chi connectivity index (χ1v) is 6.17. The van der Waals surface area contributed by atoms with Gasteiger partial charge in [-0.05, 0) is 24.3 Å². The molecule has 0 aliphatic carbocycles. The Hall–Kier alpha value is -2.10. The van der Waals surface area contributed by atoms with Gasteiger partial charge in [0.2, 0.25) is 0 Å². The summed E-state index contributed by atoms with van der Waals surface area (Å²) in [5.41, 5.74) is 0.976. The fourth-order valence-electron chi connectivity index (χ4n) is 2.00. The molecule has 0 spiro atoms. The number of hydrogen-bond donors (Lipinski definition) is 2. The Morgan fingerprint density at radius 3 is 2.05 bits per heavy atom. The Morgan fingerprint density at radius 2 is 1.63 bits per heavy atom. The van der Waals surface area contributed by atoms with Gasteiger partial charge >= 0.3 is 11.9 Å². The Labute approximate surface area is 112 Å². The van der Waals surface area contributed by atoms with E-state index in [0.717, 1.165) is 5.56 Å². The SMILES string of the molecule is CC(C)/C(C(=O)O)=C(/CCc1ccccc1)C(=O)O. The summed E-state index contributed by atoms with van der Waals surface area (Å²) in [6.07, 6.45) is 0.741. The average Bonchev–Trinajstić information content (AvgIpc) is 2.34. The summed E-state index contributed by atoms with van der Waals surface area (Å²) in [5, 5.41) is 18.3. The van der Waals surface area contributed by atoms with Gasteiger partial charge in [-0.1, -0.05) is 44.2 Å². The van der Waals surface area contributed by atoms with E-state index in [1.807, 2.05) is 30.3 Å². The van der Waals surface area contributed by atoms with Gasteiger partial charge in [0.15, 0.2) is 0 Å². The van der Waals surface area contributed by atoms with E-state index in [0.29, 0.717) is 6.42 Å². The van der Waals surface area contributed by atoms with Crippen molar-refractivity contribution in [1.29, 1.82) is 0 Å². The predicted molar refractivity (Wildman–Crippen MR) is 71.9 cm³/mol. The Morgan fingerprint density at radius 1 is 1.05 bits per heavy atom. The van der Waals surface area contributed by atoms with Crippen molar-refractivity contribution in [3.8, 4) is 0 Å². The molecule has 2 N–H and O–H groups in total. The van der Waals surface area contributed by atoms with Crippen molar-refractivity contribution in [2.24, 2.45) is 5.92 Å². The number of carboxylic acid groups (broad SMARTS) is 2. The van der Waals surface area contributed by atoms with Crippen molar-refractivity contribution < 1.29 is 19.8 Å². The zero-order chi connectivity index (χ0) is 14.4. The lowest BCUT2D eigenvalue weighted by Crippen LogP contribution is -2.16. The molecule has 4 nitrogen and oxygen atoms in total. The minimum absolute atomic E-state index is 0.00801. The molecule has 0 radical (unpaired) electrons. The lowest BCUT2D eigenvalue weighted by molar-refractivity contribution is -0.136. The molecule has 19 heavy (non-hydrogen) atoms. The van der Waals surface area contributed by atoms with Crippen LogP contribution in [0.4, 0.5) is 0 Å². The van der Waals surface area contributed by atoms with E-state index < -0.39 is 11.9 Å². The smallest absolute Gasteiger partial charge is 0.332 e. The van der Waals surface area contributed by atoms with Gasteiger partial charge < -0.3 is 10.2 Å². The van der Waals surface area contributed by atoms with Gasteiger partial charge in [-0.15, -0.1) is 0 Å². The maximum atomic E-state index is 11.2. The number of carboxylic acids is 2. The van der Waals surface area contributed by atoms with Crippen molar-refractivity contribution in [2.45, 2.75) is 26.7 Å². The monoisotopic (exact) mass is 262 g/mol. The highest BCUT2D eigenvalue weighted by molar-refractivity contribution is 5.99. The first kappa shape index (κ1) is 15.0. The second kappa shape index (κ2) is 6.73. The van der Waals surface area contributed by atoms with Crippen molar-refractivity contribution in [2.75, 3.05) is 0 Å². The molecular weight excluding hydrogens is 244 g/mol. The van der Waals surface area contributed by atoms with E-state index in [4.69, 9.17) is 5.11 Å². The number of carbonyl (C=O) groups is 2. The standard InChI is InChI=1S/C15H18O4/c1-10(2)13(15(18)19)12(14(16)17)9-8-11-6-4-3-5-7-11/h3-7,10H,8-9H2,1-2H3,(H,16,17)(H,18,19)/b13-12+. The molecule has 0 fully saturated rings. The molecule has 0 saturated heterocycles. The van der Waals surface area contributed by atoms with Gasteiger partial charge in [0.1, 0.15) is 0 Å². The van der Waals surface area contributed by atoms with E-state index in [1.165, 1.54) is 0 Å². The summed E-state index contributed by atoms with van der Waals surface area (Å²) in [5.74, 6) is -2.62. The van der Waals surface area contributed by atoms with Crippen LogP contribution in [0.3, 0.4) is 0 Å². The fraction of sp³-hybridized carbons (Fsp3) is 0.333. The maximum Gasteiger partial charge on any atom is 0.332 e. The summed E-state index contributed by atoms with van der Waals surface area (Å²) >= 11 is 0. The molecule has 0 amide bonds. The highest BCUT2D eigenvalue weighted by Crippen LogP contribution is 2.20. The molecule has 0 heterocycles. The maximum absolute atomic E-state index is 11.2. The Bertz CT molecular complexity index is 486. The van der Waals surface area contributed by atoms with Crippen LogP contribution in [-0.4, -0.2) is 22.2 Å². The average molecular weight is 262 g/mol. The number of benzene rings is 1. The number of hydrogen-bond acceptors (Lipinski definition) is 2. The number of aryl methyl sites for hydroxylation is 1. The molecule has 0 aliphatic heterocycles. The van der Waals surface area contributed by atoms with Crippen LogP contribution in [0, 0.1) is 5.92 Å². The molecule has 102 valence electrons. The summed E-state index contributed by atoms with van der Waals surface area (Å²) in [6, 6.07) is 9.43. The van der Waals surface area contributed by atoms with Crippen molar-refractivity contribution in [1.82, 2.24) is 0 Å². The van der Waals surface area contributed by atoms with Gasteiger partial charge in [0.25, 0.3) is 0 Å². The molecule has 0 aromatic heterocycles. The minimum Gasteiger partial charge on any atom is -0.478 e. The van der Waals surface area contributed by atoms with Crippen LogP contribution in [0.1, 0.15) is 25.8 Å². The minimum atomic E-state index is -1.15. The van der Waals surface area contributed by atoms with Gasteiger partial charge in [0.05, 0.1) is 0 Å². The largest absolute Gasteiger partial charge is 0.478 e. The second-order valence-electron chi connectivity index (χ2n) is 4.64. The molecule has 0 bridgehead atoms. The molecule has 0 saturated carbocycles. The zero-order valence-electron chi connectivity index (χ0n) is 11.1.